The average molecular weight is 363 g/mol. The smallest absolute Gasteiger partial charge is 0.232 e. The Labute approximate surface area is 157 Å². The van der Waals surface area contributed by atoms with E-state index in [9.17, 15) is 4.79 Å². The summed E-state index contributed by atoms with van der Waals surface area (Å²) in [6.45, 7) is 4.38. The Morgan fingerprint density at radius 2 is 2.00 bits per heavy atom. The summed E-state index contributed by atoms with van der Waals surface area (Å²) in [5, 5.41) is 1.00. The number of fused-ring (bicyclic) bond motifs is 2. The maximum Gasteiger partial charge on any atom is 0.232 e. The molecule has 0 unspecified atom stereocenters. The number of rotatable bonds is 4. The second kappa shape index (κ2) is 6.50. The van der Waals surface area contributed by atoms with Crippen molar-refractivity contribution < 1.29 is 19.0 Å². The molecule has 1 aromatic heterocycles. The van der Waals surface area contributed by atoms with Crippen LogP contribution in [-0.2, 0) is 7.05 Å². The number of hydrogen-bond acceptors (Lipinski definition) is 4. The molecule has 5 heteroatoms. The number of nitrogens with zero attached hydrogens (tertiary/aromatic N) is 1. The predicted octanol–water partition coefficient (Wildman–Crippen LogP) is 4.51. The Bertz CT molecular complexity index is 1090. The lowest BCUT2D eigenvalue weighted by Gasteiger charge is -2.06. The standard InChI is InChI=1S/C22H21NO4/c1-5-26-16-8-13(2)21-19(11-16)27-20(22(21)24)9-14-12-23(3)18-7-6-15(25-4)10-17(14)18/h6-12H,5H2,1-4H3/b20-9-. The first kappa shape index (κ1) is 17.2. The summed E-state index contributed by atoms with van der Waals surface area (Å²) in [4.78, 5) is 12.9. The fourth-order valence-electron chi connectivity index (χ4n) is 3.51. The number of Topliss-reactive ketones (excluding diaryl/α,β-unsaturated/α-hetero) is 1. The number of allylic oxidation sites excluding steroid dienone is 1. The molecule has 0 spiro atoms. The molecular formula is C22H21NO4. The zero-order valence-electron chi connectivity index (χ0n) is 15.8. The number of benzene rings is 2. The topological polar surface area (TPSA) is 49.7 Å². The van der Waals surface area contributed by atoms with E-state index < -0.39 is 0 Å². The summed E-state index contributed by atoms with van der Waals surface area (Å²) in [7, 11) is 3.61. The van der Waals surface area contributed by atoms with Gasteiger partial charge in [-0.15, -0.1) is 0 Å². The van der Waals surface area contributed by atoms with Crippen molar-refractivity contribution in [2.45, 2.75) is 13.8 Å². The molecule has 0 bridgehead atoms. The van der Waals surface area contributed by atoms with Crippen molar-refractivity contribution in [1.29, 1.82) is 0 Å². The summed E-state index contributed by atoms with van der Waals surface area (Å²) in [5.74, 6) is 2.24. The van der Waals surface area contributed by atoms with Gasteiger partial charge in [0.05, 0.1) is 19.3 Å². The third-order valence-corrected chi connectivity index (χ3v) is 4.77. The van der Waals surface area contributed by atoms with Gasteiger partial charge in [0.25, 0.3) is 0 Å². The van der Waals surface area contributed by atoms with Crippen molar-refractivity contribution in [1.82, 2.24) is 4.57 Å². The van der Waals surface area contributed by atoms with Crippen LogP contribution >= 0.6 is 0 Å². The number of aromatic nitrogens is 1. The van der Waals surface area contributed by atoms with Crippen LogP contribution in [0.4, 0.5) is 0 Å². The Balaban J connectivity index is 1.78. The fourth-order valence-corrected chi connectivity index (χ4v) is 3.51. The van der Waals surface area contributed by atoms with E-state index in [-0.39, 0.29) is 5.78 Å². The number of ether oxygens (including phenoxy) is 3. The lowest BCUT2D eigenvalue weighted by Crippen LogP contribution is -1.99. The highest BCUT2D eigenvalue weighted by atomic mass is 16.5. The van der Waals surface area contributed by atoms with E-state index in [1.165, 1.54) is 0 Å². The van der Waals surface area contributed by atoms with Gasteiger partial charge in [-0.05, 0) is 49.8 Å². The second-order valence-corrected chi connectivity index (χ2v) is 6.56. The molecule has 5 nitrogen and oxygen atoms in total. The number of ketones is 1. The number of carbonyl (C=O) groups is 1. The van der Waals surface area contributed by atoms with Crippen LogP contribution < -0.4 is 14.2 Å². The maximum absolute atomic E-state index is 12.9. The summed E-state index contributed by atoms with van der Waals surface area (Å²) in [6.07, 6.45) is 3.78. The summed E-state index contributed by atoms with van der Waals surface area (Å²) < 4.78 is 18.8. The van der Waals surface area contributed by atoms with Gasteiger partial charge in [-0.3, -0.25) is 4.79 Å². The van der Waals surface area contributed by atoms with E-state index in [0.717, 1.165) is 27.8 Å². The molecule has 138 valence electrons. The van der Waals surface area contributed by atoms with Crippen molar-refractivity contribution in [2.75, 3.05) is 13.7 Å². The van der Waals surface area contributed by atoms with Gasteiger partial charge in [-0.2, -0.15) is 0 Å². The van der Waals surface area contributed by atoms with Crippen molar-refractivity contribution in [3.8, 4) is 17.2 Å². The summed E-state index contributed by atoms with van der Waals surface area (Å²) >= 11 is 0. The third kappa shape index (κ3) is 2.85. The largest absolute Gasteiger partial charge is 0.497 e. The van der Waals surface area contributed by atoms with Crippen molar-refractivity contribution in [3.05, 3.63) is 59.0 Å². The molecule has 2 heterocycles. The minimum Gasteiger partial charge on any atom is -0.497 e. The summed E-state index contributed by atoms with van der Waals surface area (Å²) in [5.41, 5.74) is 3.41. The van der Waals surface area contributed by atoms with Gasteiger partial charge >= 0.3 is 0 Å². The van der Waals surface area contributed by atoms with Crippen LogP contribution in [0.5, 0.6) is 17.2 Å². The maximum atomic E-state index is 12.9. The molecule has 1 aliphatic heterocycles. The van der Waals surface area contributed by atoms with Gasteiger partial charge in [0.1, 0.15) is 17.2 Å². The monoisotopic (exact) mass is 363 g/mol. The van der Waals surface area contributed by atoms with Crippen LogP contribution in [0.15, 0.2) is 42.3 Å². The quantitative estimate of drug-likeness (QED) is 0.640. The normalized spacial score (nSPS) is 14.5. The lowest BCUT2D eigenvalue weighted by molar-refractivity contribution is 0.101. The number of hydrogen-bond donors (Lipinski definition) is 0. The van der Waals surface area contributed by atoms with E-state index in [0.29, 0.717) is 29.4 Å². The zero-order chi connectivity index (χ0) is 19.1. The summed E-state index contributed by atoms with van der Waals surface area (Å²) in [6, 6.07) is 9.53. The molecule has 27 heavy (non-hydrogen) atoms. The van der Waals surface area contributed by atoms with Crippen LogP contribution in [0.2, 0.25) is 0 Å². The van der Waals surface area contributed by atoms with Gasteiger partial charge in [-0.25, -0.2) is 0 Å². The number of carbonyl (C=O) groups excluding carboxylic acids is 1. The number of methoxy groups -OCH3 is 1. The Kier molecular flexibility index (Phi) is 4.15. The Hall–Kier alpha value is -3.21. The highest BCUT2D eigenvalue weighted by Gasteiger charge is 2.30. The SMILES string of the molecule is CCOc1cc(C)c2c(c1)O/C(=C\c1cn(C)c3ccc(OC)cc13)C2=O. The first-order valence-corrected chi connectivity index (χ1v) is 8.86. The van der Waals surface area contributed by atoms with Crippen LogP contribution in [-0.4, -0.2) is 24.1 Å². The van der Waals surface area contributed by atoms with E-state index >= 15 is 0 Å². The van der Waals surface area contributed by atoms with Crippen LogP contribution in [0.3, 0.4) is 0 Å². The lowest BCUT2D eigenvalue weighted by atomic mass is 10.0. The number of aryl methyl sites for hydroxylation is 2. The minimum atomic E-state index is -0.106. The predicted molar refractivity (Wildman–Crippen MR) is 105 cm³/mol. The van der Waals surface area contributed by atoms with Gasteiger partial charge < -0.3 is 18.8 Å². The molecule has 0 saturated heterocycles. The zero-order valence-corrected chi connectivity index (χ0v) is 15.8. The third-order valence-electron chi connectivity index (χ3n) is 4.77. The van der Waals surface area contributed by atoms with Crippen LogP contribution in [0.1, 0.15) is 28.4 Å². The van der Waals surface area contributed by atoms with Gasteiger partial charge in [0, 0.05) is 35.8 Å². The molecule has 0 radical (unpaired) electrons. The van der Waals surface area contributed by atoms with Crippen LogP contribution in [0, 0.1) is 6.92 Å². The van der Waals surface area contributed by atoms with E-state index in [1.54, 1.807) is 19.3 Å². The average Bonchev–Trinajstić information content (AvgIpc) is 3.12. The minimum absolute atomic E-state index is 0.106. The molecule has 4 rings (SSSR count). The van der Waals surface area contributed by atoms with Crippen molar-refractivity contribution in [3.63, 3.8) is 0 Å². The van der Waals surface area contributed by atoms with Crippen LogP contribution in [0.25, 0.3) is 17.0 Å². The van der Waals surface area contributed by atoms with Crippen molar-refractivity contribution in [2.24, 2.45) is 7.05 Å². The second-order valence-electron chi connectivity index (χ2n) is 6.56. The molecule has 0 N–H and O–H groups in total. The molecule has 0 aliphatic carbocycles. The molecule has 0 amide bonds. The van der Waals surface area contributed by atoms with E-state index in [2.05, 4.69) is 0 Å². The Morgan fingerprint density at radius 3 is 2.74 bits per heavy atom. The molecule has 0 saturated carbocycles. The van der Waals surface area contributed by atoms with Gasteiger partial charge in [0.15, 0.2) is 5.76 Å². The first-order valence-electron chi connectivity index (χ1n) is 8.86. The van der Waals surface area contributed by atoms with Gasteiger partial charge in [-0.1, -0.05) is 0 Å². The van der Waals surface area contributed by atoms with E-state index in [1.807, 2.05) is 55.9 Å². The molecule has 0 atom stereocenters. The highest BCUT2D eigenvalue weighted by Crippen LogP contribution is 2.38. The molecular weight excluding hydrogens is 342 g/mol. The molecule has 0 fully saturated rings. The first-order chi connectivity index (χ1) is 13.0. The molecule has 1 aliphatic rings. The molecule has 2 aromatic carbocycles. The van der Waals surface area contributed by atoms with Gasteiger partial charge in [0.2, 0.25) is 5.78 Å². The molecule has 3 aromatic rings. The van der Waals surface area contributed by atoms with E-state index in [4.69, 9.17) is 14.2 Å². The van der Waals surface area contributed by atoms with Crippen molar-refractivity contribution >= 4 is 22.8 Å². The highest BCUT2D eigenvalue weighted by molar-refractivity contribution is 6.16. The Morgan fingerprint density at radius 1 is 1.19 bits per heavy atom. The fraction of sp³-hybridized carbons (Fsp3) is 0.227.